The highest BCUT2D eigenvalue weighted by Gasteiger charge is 2.13. The van der Waals surface area contributed by atoms with Crippen molar-refractivity contribution in [2.45, 2.75) is 46.2 Å². The Hall–Kier alpha value is -2.14. The average molecular weight is 326 g/mol. The Labute approximate surface area is 143 Å². The quantitative estimate of drug-likeness (QED) is 0.915. The van der Waals surface area contributed by atoms with Gasteiger partial charge in [0.15, 0.2) is 0 Å². The number of aromatic nitrogens is 2. The van der Waals surface area contributed by atoms with Crippen molar-refractivity contribution in [1.29, 1.82) is 0 Å². The van der Waals surface area contributed by atoms with Gasteiger partial charge in [0, 0.05) is 18.7 Å². The molecule has 2 aromatic rings. The number of carbonyl (C=O) groups is 1. The summed E-state index contributed by atoms with van der Waals surface area (Å²) >= 11 is 0. The molecule has 1 aliphatic rings. The predicted molar refractivity (Wildman–Crippen MR) is 96.2 cm³/mol. The van der Waals surface area contributed by atoms with Gasteiger partial charge in [-0.15, -0.1) is 0 Å². The first-order valence-corrected chi connectivity index (χ1v) is 8.82. The number of likely N-dealkylation sites (tertiary alicyclic amines) is 1. The van der Waals surface area contributed by atoms with Gasteiger partial charge >= 0.3 is 0 Å². The maximum atomic E-state index is 12.4. The minimum atomic E-state index is -0.0849. The van der Waals surface area contributed by atoms with Gasteiger partial charge in [-0.05, 0) is 57.5 Å². The first-order chi connectivity index (χ1) is 11.7. The molecule has 5 nitrogen and oxygen atoms in total. The number of amides is 1. The lowest BCUT2D eigenvalue weighted by atomic mass is 10.1. The molecule has 1 saturated heterocycles. The number of nitrogens with one attached hydrogen (secondary N) is 1. The largest absolute Gasteiger partial charge is 0.319 e. The van der Waals surface area contributed by atoms with Crippen LogP contribution in [0.1, 0.15) is 47.8 Å². The second kappa shape index (κ2) is 7.62. The molecule has 0 aliphatic carbocycles. The summed E-state index contributed by atoms with van der Waals surface area (Å²) in [6.07, 6.45) is 5.65. The summed E-state index contributed by atoms with van der Waals surface area (Å²) in [5, 5.41) is 7.21. The Morgan fingerprint density at radius 1 is 1.17 bits per heavy atom. The van der Waals surface area contributed by atoms with Crippen LogP contribution in [0.5, 0.6) is 0 Å². The summed E-state index contributed by atoms with van der Waals surface area (Å²) in [6.45, 7) is 8.14. The van der Waals surface area contributed by atoms with Crippen molar-refractivity contribution in [3.8, 4) is 0 Å². The Kier molecular flexibility index (Phi) is 5.30. The predicted octanol–water partition coefficient (Wildman–Crippen LogP) is 3.45. The van der Waals surface area contributed by atoms with Crippen molar-refractivity contribution in [3.05, 3.63) is 47.3 Å². The molecule has 24 heavy (non-hydrogen) atoms. The van der Waals surface area contributed by atoms with E-state index in [1.54, 1.807) is 6.20 Å². The van der Waals surface area contributed by atoms with Gasteiger partial charge in [-0.3, -0.25) is 14.4 Å². The number of aryl methyl sites for hydroxylation is 1. The van der Waals surface area contributed by atoms with Crippen LogP contribution in [0.3, 0.4) is 0 Å². The smallest absolute Gasteiger partial charge is 0.255 e. The maximum Gasteiger partial charge on any atom is 0.255 e. The summed E-state index contributed by atoms with van der Waals surface area (Å²) in [7, 11) is 0. The summed E-state index contributed by atoms with van der Waals surface area (Å²) in [5.41, 5.74) is 3.70. The first-order valence-electron chi connectivity index (χ1n) is 8.82. The second-order valence-corrected chi connectivity index (χ2v) is 6.45. The second-order valence-electron chi connectivity index (χ2n) is 6.45. The molecule has 0 bridgehead atoms. The number of hydrogen-bond donors (Lipinski definition) is 1. The third-order valence-corrected chi connectivity index (χ3v) is 4.72. The lowest BCUT2D eigenvalue weighted by Crippen LogP contribution is -2.29. The molecule has 1 N–H and O–H groups in total. The van der Waals surface area contributed by atoms with Crippen molar-refractivity contribution in [2.24, 2.45) is 0 Å². The van der Waals surface area contributed by atoms with Crippen LogP contribution in [-0.4, -0.2) is 33.7 Å². The van der Waals surface area contributed by atoms with Gasteiger partial charge in [0.2, 0.25) is 0 Å². The van der Waals surface area contributed by atoms with Crippen molar-refractivity contribution in [1.82, 2.24) is 14.7 Å². The molecular weight excluding hydrogens is 300 g/mol. The maximum absolute atomic E-state index is 12.4. The van der Waals surface area contributed by atoms with E-state index in [4.69, 9.17) is 0 Å². The van der Waals surface area contributed by atoms with Crippen LogP contribution in [0.15, 0.2) is 30.5 Å². The lowest BCUT2D eigenvalue weighted by Gasteiger charge is -2.26. The third-order valence-electron chi connectivity index (χ3n) is 4.72. The molecule has 128 valence electrons. The van der Waals surface area contributed by atoms with E-state index in [1.165, 1.54) is 37.9 Å². The highest BCUT2D eigenvalue weighted by molar-refractivity contribution is 6.04. The van der Waals surface area contributed by atoms with Gasteiger partial charge < -0.3 is 5.32 Å². The Balaban J connectivity index is 1.61. The molecule has 0 spiro atoms. The molecule has 1 aliphatic heterocycles. The monoisotopic (exact) mass is 326 g/mol. The number of carbonyl (C=O) groups excluding carboxylic acids is 1. The standard InChI is InChI=1S/C19H26N4O/c1-3-23-15(2)18(13-20-23)21-19(24)17-9-7-16(8-10-17)14-22-11-5-4-6-12-22/h7-10,13H,3-6,11-12,14H2,1-2H3,(H,21,24). The molecular formula is C19H26N4O. The van der Waals surface area contributed by atoms with Gasteiger partial charge in [-0.25, -0.2) is 0 Å². The summed E-state index contributed by atoms with van der Waals surface area (Å²) < 4.78 is 1.87. The van der Waals surface area contributed by atoms with E-state index in [9.17, 15) is 4.79 Å². The minimum absolute atomic E-state index is 0.0849. The minimum Gasteiger partial charge on any atom is -0.319 e. The molecule has 0 unspecified atom stereocenters. The van der Waals surface area contributed by atoms with Crippen LogP contribution in [0, 0.1) is 6.92 Å². The lowest BCUT2D eigenvalue weighted by molar-refractivity contribution is 0.102. The number of piperidine rings is 1. The summed E-state index contributed by atoms with van der Waals surface area (Å²) in [4.78, 5) is 14.9. The van der Waals surface area contributed by atoms with E-state index in [-0.39, 0.29) is 5.91 Å². The molecule has 3 rings (SSSR count). The molecule has 2 heterocycles. The fourth-order valence-electron chi connectivity index (χ4n) is 3.22. The van der Waals surface area contributed by atoms with Gasteiger partial charge in [-0.1, -0.05) is 18.6 Å². The first kappa shape index (κ1) is 16.7. The Morgan fingerprint density at radius 3 is 2.50 bits per heavy atom. The van der Waals surface area contributed by atoms with Crippen molar-refractivity contribution < 1.29 is 4.79 Å². The van der Waals surface area contributed by atoms with E-state index in [1.807, 2.05) is 30.7 Å². The van der Waals surface area contributed by atoms with E-state index in [2.05, 4.69) is 27.4 Å². The van der Waals surface area contributed by atoms with Crippen LogP contribution < -0.4 is 5.32 Å². The number of anilines is 1. The summed E-state index contributed by atoms with van der Waals surface area (Å²) in [5.74, 6) is -0.0849. The van der Waals surface area contributed by atoms with Crippen molar-refractivity contribution in [3.63, 3.8) is 0 Å². The van der Waals surface area contributed by atoms with Gasteiger partial charge in [0.25, 0.3) is 5.91 Å². The molecule has 0 saturated carbocycles. The van der Waals surface area contributed by atoms with Crippen LogP contribution in [0.25, 0.3) is 0 Å². The molecule has 0 atom stereocenters. The molecule has 1 fully saturated rings. The van der Waals surface area contributed by atoms with E-state index < -0.39 is 0 Å². The zero-order valence-electron chi connectivity index (χ0n) is 14.6. The van der Waals surface area contributed by atoms with Gasteiger partial charge in [0.1, 0.15) is 0 Å². The zero-order chi connectivity index (χ0) is 16.9. The Bertz CT molecular complexity index is 684. The molecule has 5 heteroatoms. The Morgan fingerprint density at radius 2 is 1.88 bits per heavy atom. The van der Waals surface area contributed by atoms with Crippen LogP contribution in [-0.2, 0) is 13.1 Å². The van der Waals surface area contributed by atoms with E-state index in [0.29, 0.717) is 5.56 Å². The van der Waals surface area contributed by atoms with Crippen molar-refractivity contribution in [2.75, 3.05) is 18.4 Å². The number of nitrogens with zero attached hydrogens (tertiary/aromatic N) is 3. The molecule has 0 radical (unpaired) electrons. The zero-order valence-corrected chi connectivity index (χ0v) is 14.6. The van der Waals surface area contributed by atoms with Gasteiger partial charge in [0.05, 0.1) is 17.6 Å². The third kappa shape index (κ3) is 3.85. The van der Waals surface area contributed by atoms with Gasteiger partial charge in [-0.2, -0.15) is 5.10 Å². The molecule has 1 amide bonds. The number of rotatable bonds is 5. The van der Waals surface area contributed by atoms with Crippen LogP contribution >= 0.6 is 0 Å². The highest BCUT2D eigenvalue weighted by Crippen LogP contribution is 2.16. The fraction of sp³-hybridized carbons (Fsp3) is 0.474. The van der Waals surface area contributed by atoms with Crippen molar-refractivity contribution >= 4 is 11.6 Å². The van der Waals surface area contributed by atoms with Crippen LogP contribution in [0.2, 0.25) is 0 Å². The number of hydrogen-bond acceptors (Lipinski definition) is 3. The average Bonchev–Trinajstić information content (AvgIpc) is 2.96. The van der Waals surface area contributed by atoms with Crippen LogP contribution in [0.4, 0.5) is 5.69 Å². The normalized spacial score (nSPS) is 15.4. The fourth-order valence-corrected chi connectivity index (χ4v) is 3.22. The highest BCUT2D eigenvalue weighted by atomic mass is 16.1. The molecule has 1 aromatic carbocycles. The molecule has 1 aromatic heterocycles. The number of benzene rings is 1. The summed E-state index contributed by atoms with van der Waals surface area (Å²) in [6, 6.07) is 7.94. The van der Waals surface area contributed by atoms with E-state index >= 15 is 0 Å². The van der Waals surface area contributed by atoms with E-state index in [0.717, 1.165) is 24.5 Å². The SMILES string of the molecule is CCn1ncc(NC(=O)c2ccc(CN3CCCCC3)cc2)c1C. The topological polar surface area (TPSA) is 50.2 Å².